The van der Waals surface area contributed by atoms with Crippen LogP contribution in [0.3, 0.4) is 0 Å². The number of rotatable bonds is 20. The minimum atomic E-state index is -1.27. The van der Waals surface area contributed by atoms with Gasteiger partial charge in [0.15, 0.2) is 11.9 Å². The van der Waals surface area contributed by atoms with Crippen LogP contribution < -0.4 is 49.9 Å². The third-order valence-electron chi connectivity index (χ3n) is 12.6. The maximum absolute atomic E-state index is 15.1. The van der Waals surface area contributed by atoms with Crippen LogP contribution >= 0.6 is 0 Å². The molecule has 0 aliphatic heterocycles. The molecule has 14 N–H and O–H groups in total. The van der Waals surface area contributed by atoms with Gasteiger partial charge in [-0.05, 0) is 101 Å². The SMILES string of the molecule is CC(=O)N[C@@H](CCCN=C(N)N)C(=O)N[C@@H](Cc1ccc2ccc3cccc4ccc1c2c34)C(=O)N[C@@H](Cc1ccc2ccc3cccc4ccc1c2c34)C(=O)N[C@@H](CCCN=C(N)N)C(N)=O. The second-order valence-corrected chi connectivity index (χ2v) is 17.3. The van der Waals surface area contributed by atoms with Crippen molar-refractivity contribution < 1.29 is 24.0 Å². The number of nitrogens with zero attached hydrogens (tertiary/aromatic N) is 2. The number of benzene rings is 8. The summed E-state index contributed by atoms with van der Waals surface area (Å²) in [6, 6.07) is 31.7. The Hall–Kier alpha value is -8.27. The van der Waals surface area contributed by atoms with Gasteiger partial charge in [0.1, 0.15) is 24.2 Å². The summed E-state index contributed by atoms with van der Waals surface area (Å²) in [5.41, 5.74) is 29.4. The first-order valence-electron chi connectivity index (χ1n) is 22.6. The van der Waals surface area contributed by atoms with Gasteiger partial charge >= 0.3 is 0 Å². The van der Waals surface area contributed by atoms with Crippen molar-refractivity contribution in [1.82, 2.24) is 21.3 Å². The van der Waals surface area contributed by atoms with Crippen molar-refractivity contribution in [2.75, 3.05) is 13.1 Å². The van der Waals surface area contributed by atoms with Gasteiger partial charge in [0.25, 0.3) is 0 Å². The molecule has 0 aromatic heterocycles. The van der Waals surface area contributed by atoms with Gasteiger partial charge in [0, 0.05) is 32.9 Å². The van der Waals surface area contributed by atoms with Gasteiger partial charge in [-0.1, -0.05) is 109 Å². The molecule has 348 valence electrons. The molecule has 0 spiro atoms. The van der Waals surface area contributed by atoms with Crippen molar-refractivity contribution >= 4 is 106 Å². The first kappa shape index (κ1) is 46.3. The average molecular weight is 914 g/mol. The lowest BCUT2D eigenvalue weighted by atomic mass is 9.89. The molecular weight excluding hydrogens is 859 g/mol. The largest absolute Gasteiger partial charge is 0.370 e. The standard InChI is InChI=1S/C52H55N11O5/c1-28(64)60-40(11-5-25-59-52(56)57)48(66)62-42(27-36-19-17-34-15-13-30-7-3-9-32-21-23-38(36)46(34)44(30)32)50(68)63-41(49(67)61-39(47(53)65)10-4-24-58-51(54)55)26-35-18-16-33-14-12-29-6-2-8-31-20-22-37(35)45(33)43(29)31/h2-3,6-9,12-23,39-42H,4-5,10-11,24-27H2,1H3,(H2,53,65)(H,60,64)(H,61,67)(H,62,66)(H,63,68)(H4,54,55,58)(H4,56,57,59)/t39-,40-,41-,42-/m0/s1. The lowest BCUT2D eigenvalue weighted by molar-refractivity contribution is -0.134. The molecule has 0 aliphatic carbocycles. The topological polar surface area (TPSA) is 288 Å². The Morgan fingerprint density at radius 2 is 0.794 bits per heavy atom. The molecule has 0 radical (unpaired) electrons. The van der Waals surface area contributed by atoms with Crippen molar-refractivity contribution in [3.8, 4) is 0 Å². The molecule has 16 heteroatoms. The Morgan fingerprint density at radius 3 is 1.19 bits per heavy atom. The molecule has 8 aromatic carbocycles. The highest BCUT2D eigenvalue weighted by atomic mass is 16.2. The highest BCUT2D eigenvalue weighted by Crippen LogP contribution is 2.38. The van der Waals surface area contributed by atoms with E-state index in [4.69, 9.17) is 28.7 Å². The van der Waals surface area contributed by atoms with Crippen molar-refractivity contribution in [3.05, 3.63) is 120 Å². The van der Waals surface area contributed by atoms with Crippen LogP contribution in [0.1, 0.15) is 43.7 Å². The van der Waals surface area contributed by atoms with Crippen LogP contribution in [0, 0.1) is 0 Å². The van der Waals surface area contributed by atoms with E-state index in [2.05, 4.69) is 79.8 Å². The molecule has 8 aromatic rings. The van der Waals surface area contributed by atoms with Gasteiger partial charge in [-0.25, -0.2) is 0 Å². The zero-order valence-corrected chi connectivity index (χ0v) is 37.7. The Kier molecular flexibility index (Phi) is 13.7. The molecule has 0 aliphatic rings. The zero-order valence-electron chi connectivity index (χ0n) is 37.7. The van der Waals surface area contributed by atoms with Crippen molar-refractivity contribution in [1.29, 1.82) is 0 Å². The summed E-state index contributed by atoms with van der Waals surface area (Å²) in [6.07, 6.45) is 0.965. The molecule has 0 saturated heterocycles. The molecule has 0 saturated carbocycles. The smallest absolute Gasteiger partial charge is 0.243 e. The molecule has 8 rings (SSSR count). The number of carbonyl (C=O) groups is 5. The Morgan fingerprint density at radius 1 is 0.441 bits per heavy atom. The van der Waals surface area contributed by atoms with Crippen LogP contribution in [0.2, 0.25) is 0 Å². The number of primary amides is 1. The molecule has 0 fully saturated rings. The number of hydrogen-bond acceptors (Lipinski definition) is 7. The summed E-state index contributed by atoms with van der Waals surface area (Å²) in [7, 11) is 0. The fraction of sp³-hybridized carbons (Fsp3) is 0.250. The summed E-state index contributed by atoms with van der Waals surface area (Å²) < 4.78 is 0. The fourth-order valence-electron chi connectivity index (χ4n) is 9.43. The van der Waals surface area contributed by atoms with E-state index in [9.17, 15) is 19.2 Å². The first-order chi connectivity index (χ1) is 32.7. The number of guanidine groups is 2. The van der Waals surface area contributed by atoms with E-state index in [1.165, 1.54) is 6.92 Å². The zero-order chi connectivity index (χ0) is 48.1. The predicted molar refractivity (Wildman–Crippen MR) is 270 cm³/mol. The van der Waals surface area contributed by atoms with E-state index in [1.807, 2.05) is 60.7 Å². The van der Waals surface area contributed by atoms with Crippen molar-refractivity contribution in [3.63, 3.8) is 0 Å². The number of hydrogen-bond donors (Lipinski definition) is 9. The highest BCUT2D eigenvalue weighted by Gasteiger charge is 2.32. The fourth-order valence-corrected chi connectivity index (χ4v) is 9.43. The summed E-state index contributed by atoms with van der Waals surface area (Å²) >= 11 is 0. The summed E-state index contributed by atoms with van der Waals surface area (Å²) in [5, 5.41) is 23.6. The van der Waals surface area contributed by atoms with E-state index in [1.54, 1.807) is 0 Å². The maximum Gasteiger partial charge on any atom is 0.243 e. The van der Waals surface area contributed by atoms with Gasteiger partial charge < -0.3 is 49.9 Å². The first-order valence-corrected chi connectivity index (χ1v) is 22.6. The summed E-state index contributed by atoms with van der Waals surface area (Å²) in [5.74, 6) is -3.41. The van der Waals surface area contributed by atoms with Crippen LogP contribution in [0.15, 0.2) is 119 Å². The predicted octanol–water partition coefficient (Wildman–Crippen LogP) is 3.82. The van der Waals surface area contributed by atoms with Crippen LogP contribution in [0.4, 0.5) is 0 Å². The third-order valence-corrected chi connectivity index (χ3v) is 12.6. The number of amides is 5. The molecule has 68 heavy (non-hydrogen) atoms. The van der Waals surface area contributed by atoms with E-state index < -0.39 is 53.7 Å². The number of nitrogens with two attached hydrogens (primary N) is 5. The quantitative estimate of drug-likeness (QED) is 0.0232. The van der Waals surface area contributed by atoms with Gasteiger partial charge in [-0.15, -0.1) is 0 Å². The molecule has 0 heterocycles. The van der Waals surface area contributed by atoms with E-state index in [-0.39, 0.29) is 50.7 Å². The second kappa shape index (κ2) is 20.1. The van der Waals surface area contributed by atoms with Crippen LogP contribution in [0.25, 0.3) is 64.6 Å². The second-order valence-electron chi connectivity index (χ2n) is 17.3. The molecule has 4 atom stereocenters. The highest BCUT2D eigenvalue weighted by molar-refractivity contribution is 6.24. The third kappa shape index (κ3) is 10.1. The van der Waals surface area contributed by atoms with Gasteiger partial charge in [-0.3, -0.25) is 34.0 Å². The van der Waals surface area contributed by atoms with Gasteiger partial charge in [-0.2, -0.15) is 0 Å². The Balaban J connectivity index is 1.17. The molecular formula is C52H55N11O5. The van der Waals surface area contributed by atoms with Crippen LogP contribution in [0.5, 0.6) is 0 Å². The number of aliphatic imine (C=N–C) groups is 2. The summed E-state index contributed by atoms with van der Waals surface area (Å²) in [6.45, 7) is 1.70. The van der Waals surface area contributed by atoms with Gasteiger partial charge in [0.05, 0.1) is 0 Å². The average Bonchev–Trinajstić information content (AvgIpc) is 3.31. The van der Waals surface area contributed by atoms with E-state index in [0.717, 1.165) is 75.8 Å². The maximum atomic E-state index is 15.1. The minimum absolute atomic E-state index is 0.00390. The number of nitrogens with one attached hydrogen (secondary N) is 4. The minimum Gasteiger partial charge on any atom is -0.370 e. The Bertz CT molecular complexity index is 3220. The van der Waals surface area contributed by atoms with Crippen molar-refractivity contribution in [2.45, 2.75) is 69.6 Å². The van der Waals surface area contributed by atoms with Crippen LogP contribution in [-0.4, -0.2) is 78.7 Å². The molecule has 16 nitrogen and oxygen atoms in total. The van der Waals surface area contributed by atoms with Gasteiger partial charge in [0.2, 0.25) is 29.5 Å². The lowest BCUT2D eigenvalue weighted by Crippen LogP contribution is -2.59. The molecule has 5 amide bonds. The van der Waals surface area contributed by atoms with Crippen LogP contribution in [-0.2, 0) is 36.8 Å². The Labute approximate surface area is 391 Å². The summed E-state index contributed by atoms with van der Waals surface area (Å²) in [4.78, 5) is 77.3. The lowest BCUT2D eigenvalue weighted by Gasteiger charge is -2.27. The number of carbonyl (C=O) groups excluding carboxylic acids is 5. The monoisotopic (exact) mass is 913 g/mol. The normalized spacial score (nSPS) is 13.3. The van der Waals surface area contributed by atoms with Crippen molar-refractivity contribution in [2.24, 2.45) is 38.7 Å². The molecule has 0 unspecified atom stereocenters. The van der Waals surface area contributed by atoms with E-state index in [0.29, 0.717) is 12.8 Å². The van der Waals surface area contributed by atoms with E-state index >= 15 is 4.79 Å². The molecule has 0 bridgehead atoms.